The summed E-state index contributed by atoms with van der Waals surface area (Å²) in [5, 5.41) is 3.27. The van der Waals surface area contributed by atoms with Crippen molar-refractivity contribution in [1.29, 1.82) is 0 Å². The number of hydrogen-bond acceptors (Lipinski definition) is 4. The monoisotopic (exact) mass is 477 g/mol. The molecule has 4 aromatic rings. The van der Waals surface area contributed by atoms with Gasteiger partial charge in [-0.15, -0.1) is 11.3 Å². The first-order valence-electron chi connectivity index (χ1n) is 11.3. The highest BCUT2D eigenvalue weighted by Crippen LogP contribution is 2.34. The number of benzene rings is 2. The van der Waals surface area contributed by atoms with Gasteiger partial charge in [0.1, 0.15) is 17.2 Å². The Balaban J connectivity index is 1.64. The number of aryl methyl sites for hydroxylation is 2. The average Bonchev–Trinajstić information content (AvgIpc) is 3.23. The summed E-state index contributed by atoms with van der Waals surface area (Å²) in [6.07, 6.45) is 3.71. The summed E-state index contributed by atoms with van der Waals surface area (Å²) in [5.41, 5.74) is 1.48. The Morgan fingerprint density at radius 3 is 2.50 bits per heavy atom. The van der Waals surface area contributed by atoms with Crippen molar-refractivity contribution < 1.29 is 9.18 Å². The van der Waals surface area contributed by atoms with E-state index in [-0.39, 0.29) is 12.1 Å². The van der Waals surface area contributed by atoms with Crippen LogP contribution in [-0.2, 0) is 24.2 Å². The molecule has 2 aromatic carbocycles. The van der Waals surface area contributed by atoms with E-state index in [1.165, 1.54) is 44.7 Å². The second-order valence-corrected chi connectivity index (χ2v) is 9.66. The quantitative estimate of drug-likeness (QED) is 0.460. The van der Waals surface area contributed by atoms with E-state index in [9.17, 15) is 18.8 Å². The van der Waals surface area contributed by atoms with E-state index in [0.717, 1.165) is 41.7 Å². The predicted molar refractivity (Wildman–Crippen MR) is 132 cm³/mol. The average molecular weight is 478 g/mol. The third kappa shape index (κ3) is 3.98. The number of aromatic nitrogens is 2. The highest BCUT2D eigenvalue weighted by atomic mass is 32.1. The van der Waals surface area contributed by atoms with Gasteiger partial charge in [-0.3, -0.25) is 18.7 Å². The molecular weight excluding hydrogens is 453 g/mol. The summed E-state index contributed by atoms with van der Waals surface area (Å²) in [6.45, 7) is 1.58. The first-order chi connectivity index (χ1) is 16.4. The number of fused-ring (bicyclic) bond motifs is 3. The Labute approximate surface area is 199 Å². The first-order valence-corrected chi connectivity index (χ1v) is 12.2. The van der Waals surface area contributed by atoms with E-state index in [0.29, 0.717) is 15.9 Å². The molecule has 2 heterocycles. The van der Waals surface area contributed by atoms with Gasteiger partial charge in [-0.1, -0.05) is 30.3 Å². The molecule has 8 heteroatoms. The minimum Gasteiger partial charge on any atom is -0.325 e. The number of amides is 1. The fourth-order valence-corrected chi connectivity index (χ4v) is 6.00. The zero-order valence-corrected chi connectivity index (χ0v) is 19.5. The Bertz CT molecular complexity index is 1490. The fraction of sp³-hybridized carbons (Fsp3) is 0.269. The van der Waals surface area contributed by atoms with Crippen LogP contribution in [0.4, 0.5) is 10.1 Å². The third-order valence-corrected chi connectivity index (χ3v) is 7.68. The van der Waals surface area contributed by atoms with Crippen molar-refractivity contribution in [2.45, 2.75) is 45.2 Å². The zero-order chi connectivity index (χ0) is 23.8. The Hall–Kier alpha value is -3.52. The Kier molecular flexibility index (Phi) is 5.91. The van der Waals surface area contributed by atoms with E-state index >= 15 is 0 Å². The summed E-state index contributed by atoms with van der Waals surface area (Å²) in [7, 11) is 0. The van der Waals surface area contributed by atoms with E-state index in [2.05, 4.69) is 5.32 Å². The molecule has 0 saturated carbocycles. The molecule has 0 radical (unpaired) electrons. The van der Waals surface area contributed by atoms with Crippen molar-refractivity contribution in [1.82, 2.24) is 9.13 Å². The Morgan fingerprint density at radius 2 is 1.76 bits per heavy atom. The number of halogens is 1. The van der Waals surface area contributed by atoms with E-state index in [4.69, 9.17) is 0 Å². The molecule has 5 rings (SSSR count). The van der Waals surface area contributed by atoms with Crippen LogP contribution in [0.2, 0.25) is 0 Å². The lowest BCUT2D eigenvalue weighted by atomic mass is 9.97. The summed E-state index contributed by atoms with van der Waals surface area (Å²) in [5.74, 6) is -0.819. The lowest BCUT2D eigenvalue weighted by Crippen LogP contribution is -2.43. The number of thiophene rings is 1. The summed E-state index contributed by atoms with van der Waals surface area (Å²) in [6, 6.07) is 14.4. The van der Waals surface area contributed by atoms with Crippen molar-refractivity contribution in [3.05, 3.63) is 97.3 Å². The lowest BCUT2D eigenvalue weighted by molar-refractivity contribution is -0.116. The smallest absolute Gasteiger partial charge is 0.325 e. The zero-order valence-electron chi connectivity index (χ0n) is 18.7. The number of carbonyl (C=O) groups is 1. The van der Waals surface area contributed by atoms with Gasteiger partial charge < -0.3 is 5.32 Å². The highest BCUT2D eigenvalue weighted by molar-refractivity contribution is 7.18. The number of rotatable bonds is 5. The van der Waals surface area contributed by atoms with Crippen LogP contribution in [0.25, 0.3) is 10.2 Å². The minimum atomic E-state index is -0.512. The SMILES string of the molecule is CC(c1ccccc1)n1c(=O)c2c3c(sc2n(CC(=O)Nc2ccc(F)cc2)c1=O)CCCC3. The summed E-state index contributed by atoms with van der Waals surface area (Å²) >= 11 is 1.44. The number of hydrogen-bond donors (Lipinski definition) is 1. The number of nitrogens with zero attached hydrogens (tertiary/aromatic N) is 2. The molecule has 2 aromatic heterocycles. The maximum absolute atomic E-state index is 13.7. The van der Waals surface area contributed by atoms with E-state index < -0.39 is 23.5 Å². The molecule has 6 nitrogen and oxygen atoms in total. The number of carbonyl (C=O) groups excluding carboxylic acids is 1. The van der Waals surface area contributed by atoms with Crippen LogP contribution in [0.15, 0.2) is 64.2 Å². The van der Waals surface area contributed by atoms with Crippen LogP contribution in [0.1, 0.15) is 41.8 Å². The van der Waals surface area contributed by atoms with Crippen LogP contribution in [0.3, 0.4) is 0 Å². The lowest BCUT2D eigenvalue weighted by Gasteiger charge is -2.18. The van der Waals surface area contributed by atoms with Gasteiger partial charge in [0.05, 0.1) is 11.4 Å². The van der Waals surface area contributed by atoms with Crippen molar-refractivity contribution in [2.24, 2.45) is 0 Å². The van der Waals surface area contributed by atoms with E-state index in [1.807, 2.05) is 37.3 Å². The van der Waals surface area contributed by atoms with E-state index in [1.54, 1.807) is 0 Å². The van der Waals surface area contributed by atoms with Gasteiger partial charge in [0.25, 0.3) is 5.56 Å². The molecule has 1 aliphatic carbocycles. The molecular formula is C26H24FN3O3S. The first kappa shape index (κ1) is 22.3. The highest BCUT2D eigenvalue weighted by Gasteiger charge is 2.26. The third-order valence-electron chi connectivity index (χ3n) is 6.37. The second-order valence-electron chi connectivity index (χ2n) is 8.58. The van der Waals surface area contributed by atoms with Crippen LogP contribution in [0.5, 0.6) is 0 Å². The van der Waals surface area contributed by atoms with Gasteiger partial charge in [-0.25, -0.2) is 9.18 Å². The normalized spacial score (nSPS) is 14.1. The minimum absolute atomic E-state index is 0.242. The molecule has 34 heavy (non-hydrogen) atoms. The molecule has 0 fully saturated rings. The van der Waals surface area contributed by atoms with Crippen molar-refractivity contribution in [2.75, 3.05) is 5.32 Å². The molecule has 1 N–H and O–H groups in total. The maximum atomic E-state index is 13.7. The van der Waals surface area contributed by atoms with Crippen molar-refractivity contribution in [3.63, 3.8) is 0 Å². The second kappa shape index (κ2) is 9.02. The van der Waals surface area contributed by atoms with Crippen LogP contribution in [-0.4, -0.2) is 15.0 Å². The predicted octanol–water partition coefficient (Wildman–Crippen LogP) is 4.49. The molecule has 1 atom stereocenters. The molecule has 1 aliphatic rings. The molecule has 174 valence electrons. The van der Waals surface area contributed by atoms with Gasteiger partial charge in [-0.05, 0) is 68.0 Å². The van der Waals surface area contributed by atoms with Crippen LogP contribution in [0, 0.1) is 5.82 Å². The molecule has 1 amide bonds. The van der Waals surface area contributed by atoms with Gasteiger partial charge in [0.2, 0.25) is 5.91 Å². The largest absolute Gasteiger partial charge is 0.333 e. The van der Waals surface area contributed by atoms with Crippen molar-refractivity contribution >= 4 is 33.1 Å². The fourth-order valence-electron chi connectivity index (χ4n) is 4.63. The van der Waals surface area contributed by atoms with Crippen LogP contribution >= 0.6 is 11.3 Å². The number of nitrogens with one attached hydrogen (secondary N) is 1. The molecule has 0 spiro atoms. The van der Waals surface area contributed by atoms with Gasteiger partial charge in [-0.2, -0.15) is 0 Å². The number of anilines is 1. The standard InChI is InChI=1S/C26H24FN3O3S/c1-16(17-7-3-2-4-8-17)30-24(32)23-20-9-5-6-10-21(20)34-25(23)29(26(30)33)15-22(31)28-19-13-11-18(27)12-14-19/h2-4,7-8,11-14,16H,5-6,9-10,15H2,1H3,(H,28,31). The molecule has 0 bridgehead atoms. The van der Waals surface area contributed by atoms with Crippen LogP contribution < -0.4 is 16.6 Å². The molecule has 0 aliphatic heterocycles. The topological polar surface area (TPSA) is 73.1 Å². The van der Waals surface area contributed by atoms with Crippen molar-refractivity contribution in [3.8, 4) is 0 Å². The summed E-state index contributed by atoms with van der Waals surface area (Å²) < 4.78 is 15.9. The molecule has 1 unspecified atom stereocenters. The van der Waals surface area contributed by atoms with Gasteiger partial charge in [0.15, 0.2) is 0 Å². The Morgan fingerprint density at radius 1 is 1.06 bits per heavy atom. The maximum Gasteiger partial charge on any atom is 0.333 e. The van der Waals surface area contributed by atoms with Gasteiger partial charge in [0, 0.05) is 10.6 Å². The van der Waals surface area contributed by atoms with Gasteiger partial charge >= 0.3 is 5.69 Å². The molecule has 0 saturated heterocycles. The summed E-state index contributed by atoms with van der Waals surface area (Å²) in [4.78, 5) is 41.9.